The minimum atomic E-state index is -0.0890. The van der Waals surface area contributed by atoms with Gasteiger partial charge in [-0.2, -0.15) is 5.26 Å². The number of likely N-dealkylation sites (tertiary alicyclic amines) is 1. The van der Waals surface area contributed by atoms with Gasteiger partial charge in [0.25, 0.3) is 0 Å². The first-order chi connectivity index (χ1) is 10.3. The van der Waals surface area contributed by atoms with Gasteiger partial charge in [0.05, 0.1) is 6.07 Å². The second kappa shape index (κ2) is 8.05. The Hall–Kier alpha value is -1.53. The summed E-state index contributed by atoms with van der Waals surface area (Å²) in [6.45, 7) is 8.48. The molecule has 1 aromatic carbocycles. The highest BCUT2D eigenvalue weighted by atomic mass is 15.2. The van der Waals surface area contributed by atoms with Gasteiger partial charge in [-0.25, -0.2) is 0 Å². The molecule has 1 unspecified atom stereocenters. The van der Waals surface area contributed by atoms with Crippen molar-refractivity contribution in [2.24, 2.45) is 0 Å². The lowest BCUT2D eigenvalue weighted by Gasteiger charge is -2.26. The van der Waals surface area contributed by atoms with Crippen molar-refractivity contribution >= 4 is 5.69 Å². The summed E-state index contributed by atoms with van der Waals surface area (Å²) in [6, 6.07) is 11.0. The van der Waals surface area contributed by atoms with Crippen LogP contribution in [-0.2, 0) is 0 Å². The summed E-state index contributed by atoms with van der Waals surface area (Å²) in [4.78, 5) is 4.68. The Balaban J connectivity index is 2.13. The molecule has 0 amide bonds. The lowest BCUT2D eigenvalue weighted by atomic mass is 10.1. The molecule has 3 nitrogen and oxygen atoms in total. The maximum atomic E-state index is 9.59. The Morgan fingerprint density at radius 1 is 1.05 bits per heavy atom. The first kappa shape index (κ1) is 15.9. The van der Waals surface area contributed by atoms with Gasteiger partial charge in [-0.05, 0) is 57.5 Å². The van der Waals surface area contributed by atoms with E-state index in [1.165, 1.54) is 31.4 Å². The number of hydrogen-bond acceptors (Lipinski definition) is 3. The first-order valence-corrected chi connectivity index (χ1v) is 8.28. The smallest absolute Gasteiger partial charge is 0.123 e. The molecule has 3 heteroatoms. The number of hydrogen-bond donors (Lipinski definition) is 0. The first-order valence-electron chi connectivity index (χ1n) is 8.28. The van der Waals surface area contributed by atoms with Crippen LogP contribution in [-0.4, -0.2) is 31.1 Å². The summed E-state index contributed by atoms with van der Waals surface area (Å²) in [5.74, 6) is 0. The molecule has 0 aliphatic carbocycles. The predicted octanol–water partition coefficient (Wildman–Crippen LogP) is 3.97. The zero-order valence-electron chi connectivity index (χ0n) is 13.4. The third-order valence-electron chi connectivity index (χ3n) is 4.47. The van der Waals surface area contributed by atoms with Gasteiger partial charge in [0.15, 0.2) is 0 Å². The predicted molar refractivity (Wildman–Crippen MR) is 88.4 cm³/mol. The van der Waals surface area contributed by atoms with Gasteiger partial charge in [0, 0.05) is 18.8 Å². The van der Waals surface area contributed by atoms with Crippen LogP contribution in [0.5, 0.6) is 0 Å². The topological polar surface area (TPSA) is 30.3 Å². The highest BCUT2D eigenvalue weighted by molar-refractivity contribution is 5.48. The van der Waals surface area contributed by atoms with Crippen LogP contribution in [0.25, 0.3) is 0 Å². The third kappa shape index (κ3) is 3.98. The van der Waals surface area contributed by atoms with Crippen LogP contribution in [0.15, 0.2) is 24.3 Å². The highest BCUT2D eigenvalue weighted by Gasteiger charge is 2.21. The van der Waals surface area contributed by atoms with Gasteiger partial charge in [-0.15, -0.1) is 0 Å². The molecule has 114 valence electrons. The lowest BCUT2D eigenvalue weighted by Crippen LogP contribution is -2.29. The van der Waals surface area contributed by atoms with Crippen LogP contribution in [0.1, 0.15) is 51.1 Å². The third-order valence-corrected chi connectivity index (χ3v) is 4.47. The van der Waals surface area contributed by atoms with Crippen LogP contribution in [0.4, 0.5) is 5.69 Å². The molecule has 0 bridgehead atoms. The maximum absolute atomic E-state index is 9.59. The Labute approximate surface area is 129 Å². The van der Waals surface area contributed by atoms with Crippen LogP contribution in [0.3, 0.4) is 0 Å². The normalized spacial score (nSPS) is 17.8. The molecular weight excluding hydrogens is 258 g/mol. The maximum Gasteiger partial charge on any atom is 0.123 e. The van der Waals surface area contributed by atoms with Crippen molar-refractivity contribution in [2.45, 2.75) is 45.6 Å². The quantitative estimate of drug-likeness (QED) is 0.820. The van der Waals surface area contributed by atoms with Crippen molar-refractivity contribution in [1.29, 1.82) is 5.26 Å². The summed E-state index contributed by atoms with van der Waals surface area (Å²) in [5, 5.41) is 9.59. The molecule has 0 saturated carbocycles. The Kier molecular flexibility index (Phi) is 6.07. The van der Waals surface area contributed by atoms with Gasteiger partial charge < -0.3 is 4.90 Å². The van der Waals surface area contributed by atoms with Crippen LogP contribution < -0.4 is 4.90 Å². The molecule has 0 spiro atoms. The second-order valence-electron chi connectivity index (χ2n) is 5.75. The fourth-order valence-corrected chi connectivity index (χ4v) is 3.18. The van der Waals surface area contributed by atoms with Gasteiger partial charge >= 0.3 is 0 Å². The molecule has 2 rings (SSSR count). The van der Waals surface area contributed by atoms with E-state index in [1.54, 1.807) is 0 Å². The minimum absolute atomic E-state index is 0.0890. The molecule has 1 atom stereocenters. The molecule has 1 aliphatic heterocycles. The number of nitrogens with zero attached hydrogens (tertiary/aromatic N) is 3. The molecule has 0 N–H and O–H groups in total. The zero-order chi connectivity index (χ0) is 15.1. The van der Waals surface area contributed by atoms with Gasteiger partial charge in [-0.3, -0.25) is 4.90 Å². The van der Waals surface area contributed by atoms with Crippen molar-refractivity contribution < 1.29 is 0 Å². The van der Waals surface area contributed by atoms with E-state index in [1.807, 2.05) is 0 Å². The summed E-state index contributed by atoms with van der Waals surface area (Å²) >= 11 is 0. The van der Waals surface area contributed by atoms with E-state index in [-0.39, 0.29) is 6.04 Å². The van der Waals surface area contributed by atoms with Crippen LogP contribution >= 0.6 is 0 Å². The SMILES string of the molecule is CCN(CC)c1ccc(C(C#N)N2CCCCCC2)cc1. The Bertz CT molecular complexity index is 448. The van der Waals surface area contributed by atoms with Crippen LogP contribution in [0.2, 0.25) is 0 Å². The number of anilines is 1. The van der Waals surface area contributed by atoms with E-state index in [2.05, 4.69) is 54.0 Å². The average molecular weight is 285 g/mol. The summed E-state index contributed by atoms with van der Waals surface area (Å²) in [7, 11) is 0. The monoisotopic (exact) mass is 285 g/mol. The van der Waals surface area contributed by atoms with E-state index in [0.717, 1.165) is 31.7 Å². The fraction of sp³-hybridized carbons (Fsp3) is 0.611. The van der Waals surface area contributed by atoms with Crippen molar-refractivity contribution in [1.82, 2.24) is 4.90 Å². The van der Waals surface area contributed by atoms with Gasteiger partial charge in [-0.1, -0.05) is 25.0 Å². The molecule has 1 saturated heterocycles. The summed E-state index contributed by atoms with van der Waals surface area (Å²) in [6.07, 6.45) is 5.04. The summed E-state index contributed by atoms with van der Waals surface area (Å²) in [5.41, 5.74) is 2.38. The van der Waals surface area contributed by atoms with E-state index in [4.69, 9.17) is 0 Å². The van der Waals surface area contributed by atoms with E-state index in [0.29, 0.717) is 0 Å². The minimum Gasteiger partial charge on any atom is -0.372 e. The molecule has 1 heterocycles. The molecule has 0 aromatic heterocycles. The molecular formula is C18H27N3. The van der Waals surface area contributed by atoms with Crippen molar-refractivity contribution in [3.05, 3.63) is 29.8 Å². The summed E-state index contributed by atoms with van der Waals surface area (Å²) < 4.78 is 0. The number of benzene rings is 1. The standard InChI is InChI=1S/C18H27N3/c1-3-20(4-2)17-11-9-16(10-12-17)18(15-19)21-13-7-5-6-8-14-21/h9-12,18H,3-8,13-14H2,1-2H3. The van der Waals surface area contributed by atoms with Gasteiger partial charge in [0.1, 0.15) is 6.04 Å². The van der Waals surface area contributed by atoms with Crippen molar-refractivity contribution in [3.63, 3.8) is 0 Å². The van der Waals surface area contributed by atoms with Crippen molar-refractivity contribution in [2.75, 3.05) is 31.1 Å². The fourth-order valence-electron chi connectivity index (χ4n) is 3.18. The van der Waals surface area contributed by atoms with Crippen molar-refractivity contribution in [3.8, 4) is 6.07 Å². The number of nitriles is 1. The average Bonchev–Trinajstić information content (AvgIpc) is 2.80. The zero-order valence-corrected chi connectivity index (χ0v) is 13.4. The van der Waals surface area contributed by atoms with E-state index < -0.39 is 0 Å². The molecule has 0 radical (unpaired) electrons. The Morgan fingerprint density at radius 2 is 1.62 bits per heavy atom. The Morgan fingerprint density at radius 3 is 2.10 bits per heavy atom. The van der Waals surface area contributed by atoms with E-state index in [9.17, 15) is 5.26 Å². The molecule has 1 aromatic rings. The largest absolute Gasteiger partial charge is 0.372 e. The van der Waals surface area contributed by atoms with Gasteiger partial charge in [0.2, 0.25) is 0 Å². The number of rotatable bonds is 5. The highest BCUT2D eigenvalue weighted by Crippen LogP contribution is 2.25. The molecule has 21 heavy (non-hydrogen) atoms. The molecule has 1 aliphatic rings. The molecule has 1 fully saturated rings. The second-order valence-corrected chi connectivity index (χ2v) is 5.75. The van der Waals surface area contributed by atoms with E-state index >= 15 is 0 Å². The lowest BCUT2D eigenvalue weighted by molar-refractivity contribution is 0.246. The van der Waals surface area contributed by atoms with Crippen LogP contribution in [0, 0.1) is 11.3 Å².